The van der Waals surface area contributed by atoms with Crippen molar-refractivity contribution in [3.8, 4) is 17.1 Å². The van der Waals surface area contributed by atoms with Gasteiger partial charge in [0.05, 0.1) is 34.1 Å². The monoisotopic (exact) mass is 733 g/mol. The Morgan fingerprint density at radius 1 is 1.12 bits per heavy atom. The molecule has 18 heteroatoms. The first-order chi connectivity index (χ1) is 24.8. The Bertz CT molecular complexity index is 2500. The van der Waals surface area contributed by atoms with Gasteiger partial charge in [-0.15, -0.1) is 5.10 Å². The van der Waals surface area contributed by atoms with Gasteiger partial charge in [-0.05, 0) is 62.2 Å². The van der Waals surface area contributed by atoms with Crippen LogP contribution in [0.1, 0.15) is 45.8 Å². The molecular weight excluding hydrogens is 707 g/mol. The fourth-order valence-electron chi connectivity index (χ4n) is 6.82. The predicted octanol–water partition coefficient (Wildman–Crippen LogP) is 4.59. The molecule has 1 fully saturated rings. The number of ether oxygens (including phenoxy) is 1. The average molecular weight is 734 g/mol. The van der Waals surface area contributed by atoms with Crippen molar-refractivity contribution in [2.45, 2.75) is 44.7 Å². The van der Waals surface area contributed by atoms with Crippen LogP contribution in [-0.2, 0) is 34.5 Å². The van der Waals surface area contributed by atoms with Gasteiger partial charge in [-0.3, -0.25) is 14.4 Å². The van der Waals surface area contributed by atoms with E-state index in [1.165, 1.54) is 27.8 Å². The van der Waals surface area contributed by atoms with E-state index in [2.05, 4.69) is 25.4 Å². The summed E-state index contributed by atoms with van der Waals surface area (Å²) in [6, 6.07) is 9.02. The van der Waals surface area contributed by atoms with E-state index in [0.29, 0.717) is 16.9 Å². The summed E-state index contributed by atoms with van der Waals surface area (Å²) < 4.78 is 50.5. The van der Waals surface area contributed by atoms with E-state index in [-0.39, 0.29) is 71.9 Å². The molecule has 1 spiro atoms. The molecule has 1 aromatic carbocycles. The number of imidazole rings is 1. The summed E-state index contributed by atoms with van der Waals surface area (Å²) in [5.74, 6) is -1.16. The lowest BCUT2D eigenvalue weighted by molar-refractivity contribution is -0.137. The lowest BCUT2D eigenvalue weighted by Gasteiger charge is -2.38. The number of pyridine rings is 2. The molecule has 5 aromatic heterocycles. The maximum atomic E-state index is 14.3. The van der Waals surface area contributed by atoms with Crippen molar-refractivity contribution in [1.29, 1.82) is 0 Å². The summed E-state index contributed by atoms with van der Waals surface area (Å²) in [6.07, 6.45) is 0.721. The van der Waals surface area contributed by atoms with Crippen molar-refractivity contribution in [3.05, 3.63) is 105 Å². The lowest BCUT2D eigenvalue weighted by atomic mass is 9.85. The number of alkyl halides is 3. The first-order valence-electron chi connectivity index (χ1n) is 16.0. The van der Waals surface area contributed by atoms with Crippen LogP contribution in [0, 0.1) is 6.92 Å². The van der Waals surface area contributed by atoms with Gasteiger partial charge in [-0.1, -0.05) is 11.6 Å². The highest BCUT2D eigenvalue weighted by atomic mass is 35.5. The number of fused-ring (bicyclic) bond motifs is 4. The van der Waals surface area contributed by atoms with Gasteiger partial charge >= 0.3 is 6.18 Å². The quantitative estimate of drug-likeness (QED) is 0.258. The molecule has 0 radical (unpaired) electrons. The SMILES string of the molecule is Cc1cnc2cc(-c3nc4n(CC(=O)Nc5ccc(C(F)(F)F)cc5Cl)c5c(c(=O)n4n3)C3(CCN(C(=O)c4ncccc4O)CC3)OC5)ccn12. The number of aromatic hydroxyl groups is 1. The zero-order valence-corrected chi connectivity index (χ0v) is 27.9. The maximum Gasteiger partial charge on any atom is 0.416 e. The van der Waals surface area contributed by atoms with Crippen molar-refractivity contribution in [2.75, 3.05) is 18.4 Å². The molecule has 2 aliphatic rings. The molecule has 2 amide bonds. The average Bonchev–Trinajstić information content (AvgIpc) is 3.83. The largest absolute Gasteiger partial charge is 0.505 e. The minimum Gasteiger partial charge on any atom is -0.505 e. The summed E-state index contributed by atoms with van der Waals surface area (Å²) >= 11 is 6.12. The van der Waals surface area contributed by atoms with E-state index in [1.807, 2.05) is 11.3 Å². The Hall–Kier alpha value is -5.81. The topological polar surface area (TPSA) is 161 Å². The van der Waals surface area contributed by atoms with Crippen molar-refractivity contribution < 1.29 is 32.6 Å². The van der Waals surface area contributed by atoms with Crippen molar-refractivity contribution >= 4 is 40.5 Å². The maximum absolute atomic E-state index is 14.3. The molecule has 1 saturated heterocycles. The highest BCUT2D eigenvalue weighted by Crippen LogP contribution is 2.43. The third-order valence-corrected chi connectivity index (χ3v) is 9.78. The Kier molecular flexibility index (Phi) is 7.80. The van der Waals surface area contributed by atoms with E-state index in [1.54, 1.807) is 24.5 Å². The number of amides is 2. The third-order valence-electron chi connectivity index (χ3n) is 9.47. The van der Waals surface area contributed by atoms with Crippen LogP contribution in [0.15, 0.2) is 65.8 Å². The van der Waals surface area contributed by atoms with Crippen LogP contribution in [0.2, 0.25) is 5.02 Å². The molecule has 0 saturated carbocycles. The van der Waals surface area contributed by atoms with Gasteiger partial charge in [0.15, 0.2) is 11.5 Å². The van der Waals surface area contributed by atoms with Crippen LogP contribution in [0.5, 0.6) is 5.75 Å². The van der Waals surface area contributed by atoms with Crippen molar-refractivity contribution in [2.24, 2.45) is 0 Å². The van der Waals surface area contributed by atoms with Gasteiger partial charge in [0.2, 0.25) is 11.7 Å². The summed E-state index contributed by atoms with van der Waals surface area (Å²) in [5, 5.41) is 17.0. The zero-order chi connectivity index (χ0) is 36.5. The van der Waals surface area contributed by atoms with E-state index < -0.39 is 41.3 Å². The minimum atomic E-state index is -4.62. The fraction of sp³-hybridized carbons (Fsp3) is 0.265. The third kappa shape index (κ3) is 5.52. The minimum absolute atomic E-state index is 0.0331. The van der Waals surface area contributed by atoms with E-state index in [9.17, 15) is 32.7 Å². The van der Waals surface area contributed by atoms with Crippen LogP contribution in [-0.4, -0.2) is 68.4 Å². The molecule has 8 rings (SSSR count). The Morgan fingerprint density at radius 3 is 2.63 bits per heavy atom. The second kappa shape index (κ2) is 12.2. The van der Waals surface area contributed by atoms with E-state index in [4.69, 9.17) is 16.3 Å². The molecule has 0 aliphatic carbocycles. The molecule has 0 atom stereocenters. The second-order valence-electron chi connectivity index (χ2n) is 12.6. The van der Waals surface area contributed by atoms with Gasteiger partial charge in [0, 0.05) is 42.9 Å². The number of hydrogen-bond donors (Lipinski definition) is 2. The predicted molar refractivity (Wildman–Crippen MR) is 179 cm³/mol. The number of carbonyl (C=O) groups is 2. The molecular formula is C34H27ClF3N9O5. The number of aryl methyl sites for hydroxylation is 1. The normalized spacial score (nSPS) is 15.4. The second-order valence-corrected chi connectivity index (χ2v) is 13.0. The van der Waals surface area contributed by atoms with Gasteiger partial charge in [-0.25, -0.2) is 9.97 Å². The number of carbonyl (C=O) groups excluding carboxylic acids is 2. The van der Waals surface area contributed by atoms with Gasteiger partial charge in [0.1, 0.15) is 23.5 Å². The molecule has 0 bridgehead atoms. The number of nitrogens with one attached hydrogen (secondary N) is 1. The number of piperidine rings is 1. The standard InChI is InChI=1S/C34H27ClF3N9O5/c1-18-15-40-25-13-19(6-10-45(18)25)29-42-32-46(16-26(49)41-22-5-4-20(14-21(22)35)34(36,37)38)23-17-52-33(27(23)30(50)47(32)43-29)7-11-44(12-8-33)31(51)28-24(48)3-2-9-39-28/h2-6,9-10,13-15,48H,7-8,11-12,16-17H2,1H3,(H,41,49). The van der Waals surface area contributed by atoms with E-state index >= 15 is 0 Å². The van der Waals surface area contributed by atoms with Gasteiger partial charge < -0.3 is 29.0 Å². The molecule has 52 heavy (non-hydrogen) atoms. The smallest absolute Gasteiger partial charge is 0.416 e. The highest BCUT2D eigenvalue weighted by Gasteiger charge is 2.48. The van der Waals surface area contributed by atoms with Crippen LogP contribution < -0.4 is 10.9 Å². The van der Waals surface area contributed by atoms with Crippen molar-refractivity contribution in [1.82, 2.24) is 38.4 Å². The van der Waals surface area contributed by atoms with Crippen molar-refractivity contribution in [3.63, 3.8) is 0 Å². The Balaban J connectivity index is 1.18. The molecule has 14 nitrogen and oxygen atoms in total. The molecule has 6 aromatic rings. The van der Waals surface area contributed by atoms with Gasteiger partial charge in [0.25, 0.3) is 11.5 Å². The Morgan fingerprint density at radius 2 is 1.90 bits per heavy atom. The molecule has 0 unspecified atom stereocenters. The molecule has 7 heterocycles. The van der Waals surface area contributed by atoms with Crippen LogP contribution in [0.4, 0.5) is 18.9 Å². The zero-order valence-electron chi connectivity index (χ0n) is 27.2. The first-order valence-corrected chi connectivity index (χ1v) is 16.4. The van der Waals surface area contributed by atoms with Crippen LogP contribution in [0.25, 0.3) is 22.8 Å². The summed E-state index contributed by atoms with van der Waals surface area (Å²) in [6.45, 7) is 1.74. The molecule has 2 aliphatic heterocycles. The lowest BCUT2D eigenvalue weighted by Crippen LogP contribution is -2.47. The summed E-state index contributed by atoms with van der Waals surface area (Å²) in [4.78, 5) is 55.7. The number of likely N-dealkylation sites (tertiary alicyclic amines) is 1. The number of aromatic nitrogens is 7. The van der Waals surface area contributed by atoms with Gasteiger partial charge in [-0.2, -0.15) is 22.7 Å². The number of nitrogens with zero attached hydrogens (tertiary/aromatic N) is 8. The first kappa shape index (κ1) is 33.3. The molecule has 266 valence electrons. The number of halogens is 4. The summed E-state index contributed by atoms with van der Waals surface area (Å²) in [7, 11) is 0. The highest BCUT2D eigenvalue weighted by molar-refractivity contribution is 6.33. The summed E-state index contributed by atoms with van der Waals surface area (Å²) in [5.41, 5.74) is -0.0279. The fourth-order valence-corrected chi connectivity index (χ4v) is 7.05. The Labute approximate surface area is 296 Å². The van der Waals surface area contributed by atoms with E-state index in [0.717, 1.165) is 28.4 Å². The number of hydrogen-bond acceptors (Lipinski definition) is 9. The number of rotatable bonds is 5. The van der Waals surface area contributed by atoms with Crippen LogP contribution in [0.3, 0.4) is 0 Å². The number of anilines is 1. The number of benzene rings is 1. The molecule has 2 N–H and O–H groups in total. The van der Waals surface area contributed by atoms with Crippen LogP contribution >= 0.6 is 11.6 Å².